The highest BCUT2D eigenvalue weighted by Crippen LogP contribution is 2.14. The van der Waals surface area contributed by atoms with E-state index in [2.05, 4.69) is 15.3 Å². The second kappa shape index (κ2) is 6.45. The summed E-state index contributed by atoms with van der Waals surface area (Å²) in [4.78, 5) is 7.86. The number of nitrogens with zero attached hydrogens (tertiary/aromatic N) is 4. The molecule has 0 bridgehead atoms. The van der Waals surface area contributed by atoms with E-state index >= 15 is 0 Å². The Balaban J connectivity index is 2.91. The Labute approximate surface area is 113 Å². The van der Waals surface area contributed by atoms with Gasteiger partial charge in [-0.2, -0.15) is 9.57 Å². The Morgan fingerprint density at radius 3 is 2.53 bits per heavy atom. The Hall–Kier alpha value is -1.72. The monoisotopic (exact) mass is 283 g/mol. The molecule has 1 N–H and O–H groups in total. The van der Waals surface area contributed by atoms with E-state index in [4.69, 9.17) is 5.26 Å². The van der Waals surface area contributed by atoms with E-state index in [1.54, 1.807) is 6.92 Å². The molecule has 104 valence electrons. The third-order valence-electron chi connectivity index (χ3n) is 2.42. The van der Waals surface area contributed by atoms with Crippen LogP contribution >= 0.6 is 0 Å². The molecule has 0 fully saturated rings. The van der Waals surface area contributed by atoms with Gasteiger partial charge in [-0.1, -0.05) is 0 Å². The molecular weight excluding hydrogens is 266 g/mol. The van der Waals surface area contributed by atoms with Crippen molar-refractivity contribution in [3.05, 3.63) is 12.4 Å². The Kier molecular flexibility index (Phi) is 5.20. The van der Waals surface area contributed by atoms with E-state index in [9.17, 15) is 8.42 Å². The van der Waals surface area contributed by atoms with E-state index < -0.39 is 10.0 Å². The SMILES string of the molecule is CCNc1ncc(S(=O)(=O)N(C)CC(C)C#N)cn1. The maximum absolute atomic E-state index is 12.2. The molecule has 0 aliphatic rings. The maximum Gasteiger partial charge on any atom is 0.245 e. The topological polar surface area (TPSA) is 99.0 Å². The normalized spacial score (nSPS) is 13.0. The van der Waals surface area contributed by atoms with Crippen LogP contribution in [0.15, 0.2) is 17.3 Å². The minimum atomic E-state index is -3.65. The highest BCUT2D eigenvalue weighted by Gasteiger charge is 2.23. The first kappa shape index (κ1) is 15.3. The van der Waals surface area contributed by atoms with Crippen molar-refractivity contribution in [1.82, 2.24) is 14.3 Å². The molecule has 0 aromatic carbocycles. The quantitative estimate of drug-likeness (QED) is 0.824. The van der Waals surface area contributed by atoms with Gasteiger partial charge in [0.15, 0.2) is 0 Å². The number of sulfonamides is 1. The van der Waals surface area contributed by atoms with Crippen LogP contribution in [0.5, 0.6) is 0 Å². The molecule has 0 radical (unpaired) electrons. The smallest absolute Gasteiger partial charge is 0.245 e. The average molecular weight is 283 g/mol. The zero-order valence-corrected chi connectivity index (χ0v) is 12.0. The molecule has 1 atom stereocenters. The van der Waals surface area contributed by atoms with Crippen LogP contribution in [0.4, 0.5) is 5.95 Å². The number of anilines is 1. The maximum atomic E-state index is 12.2. The van der Waals surface area contributed by atoms with E-state index in [0.717, 1.165) is 4.31 Å². The predicted octanol–water partition coefficient (Wildman–Crippen LogP) is 0.689. The molecule has 0 saturated heterocycles. The predicted molar refractivity (Wildman–Crippen MR) is 70.8 cm³/mol. The van der Waals surface area contributed by atoms with Crippen molar-refractivity contribution < 1.29 is 8.42 Å². The van der Waals surface area contributed by atoms with Crippen molar-refractivity contribution in [2.75, 3.05) is 25.5 Å². The van der Waals surface area contributed by atoms with Crippen LogP contribution in [0, 0.1) is 17.2 Å². The molecule has 0 aliphatic heterocycles. The molecular formula is C11H17N5O2S. The fourth-order valence-corrected chi connectivity index (χ4v) is 2.55. The summed E-state index contributed by atoms with van der Waals surface area (Å²) >= 11 is 0. The van der Waals surface area contributed by atoms with Crippen LogP contribution in [-0.2, 0) is 10.0 Å². The third kappa shape index (κ3) is 3.87. The minimum Gasteiger partial charge on any atom is -0.355 e. The van der Waals surface area contributed by atoms with Gasteiger partial charge in [-0.05, 0) is 13.8 Å². The number of nitrogens with one attached hydrogen (secondary N) is 1. The summed E-state index contributed by atoms with van der Waals surface area (Å²) < 4.78 is 25.5. The molecule has 0 spiro atoms. The molecule has 1 heterocycles. The lowest BCUT2D eigenvalue weighted by Crippen LogP contribution is -2.31. The summed E-state index contributed by atoms with van der Waals surface area (Å²) in [5.74, 6) is 0.0104. The van der Waals surface area contributed by atoms with Gasteiger partial charge in [0.1, 0.15) is 4.90 Å². The van der Waals surface area contributed by atoms with Gasteiger partial charge in [-0.15, -0.1) is 0 Å². The van der Waals surface area contributed by atoms with E-state index in [1.807, 2.05) is 13.0 Å². The number of rotatable bonds is 6. The lowest BCUT2D eigenvalue weighted by atomic mass is 10.2. The fraction of sp³-hybridized carbons (Fsp3) is 0.545. The van der Waals surface area contributed by atoms with E-state index in [1.165, 1.54) is 19.4 Å². The van der Waals surface area contributed by atoms with Gasteiger partial charge in [0, 0.05) is 20.1 Å². The Bertz CT molecular complexity index is 549. The first-order valence-corrected chi connectivity index (χ1v) is 7.27. The van der Waals surface area contributed by atoms with Gasteiger partial charge in [0.25, 0.3) is 0 Å². The van der Waals surface area contributed by atoms with Gasteiger partial charge >= 0.3 is 0 Å². The van der Waals surface area contributed by atoms with Gasteiger partial charge in [-0.3, -0.25) is 0 Å². The molecule has 8 heteroatoms. The Morgan fingerprint density at radius 1 is 1.47 bits per heavy atom. The van der Waals surface area contributed by atoms with Gasteiger partial charge in [0.2, 0.25) is 16.0 Å². The number of nitriles is 1. The largest absolute Gasteiger partial charge is 0.355 e. The van der Waals surface area contributed by atoms with Crippen LogP contribution in [0.3, 0.4) is 0 Å². The molecule has 1 aromatic rings. The molecule has 0 aliphatic carbocycles. The van der Waals surface area contributed by atoms with Crippen molar-refractivity contribution in [3.63, 3.8) is 0 Å². The van der Waals surface area contributed by atoms with Gasteiger partial charge in [0.05, 0.1) is 24.4 Å². The minimum absolute atomic E-state index is 0.0155. The molecule has 19 heavy (non-hydrogen) atoms. The number of aromatic nitrogens is 2. The van der Waals surface area contributed by atoms with Crippen LogP contribution < -0.4 is 5.32 Å². The summed E-state index contributed by atoms with van der Waals surface area (Å²) in [6.07, 6.45) is 2.52. The van der Waals surface area contributed by atoms with Crippen molar-refractivity contribution in [3.8, 4) is 6.07 Å². The van der Waals surface area contributed by atoms with Crippen LogP contribution in [0.2, 0.25) is 0 Å². The first-order chi connectivity index (χ1) is 8.91. The van der Waals surface area contributed by atoms with Crippen LogP contribution in [0.1, 0.15) is 13.8 Å². The molecule has 0 amide bonds. The van der Waals surface area contributed by atoms with Crippen molar-refractivity contribution in [1.29, 1.82) is 5.26 Å². The summed E-state index contributed by atoms with van der Waals surface area (Å²) in [5.41, 5.74) is 0. The molecule has 1 unspecified atom stereocenters. The average Bonchev–Trinajstić information content (AvgIpc) is 2.39. The molecule has 0 saturated carbocycles. The standard InChI is InChI=1S/C11H17N5O2S/c1-4-13-11-14-6-10(7-15-11)19(17,18)16(3)8-9(2)5-12/h6-7,9H,4,8H2,1-3H3,(H,13,14,15). The van der Waals surface area contributed by atoms with Gasteiger partial charge < -0.3 is 5.32 Å². The number of hydrogen-bond acceptors (Lipinski definition) is 6. The molecule has 7 nitrogen and oxygen atoms in total. The lowest BCUT2D eigenvalue weighted by molar-refractivity contribution is 0.438. The fourth-order valence-electron chi connectivity index (χ4n) is 1.40. The second-order valence-corrected chi connectivity index (χ2v) is 6.13. The van der Waals surface area contributed by atoms with Crippen molar-refractivity contribution in [2.45, 2.75) is 18.7 Å². The zero-order chi connectivity index (χ0) is 14.5. The zero-order valence-electron chi connectivity index (χ0n) is 11.2. The first-order valence-electron chi connectivity index (χ1n) is 5.83. The van der Waals surface area contributed by atoms with Crippen LogP contribution in [0.25, 0.3) is 0 Å². The summed E-state index contributed by atoms with van der Waals surface area (Å²) in [6.45, 7) is 4.35. The lowest BCUT2D eigenvalue weighted by Gasteiger charge is -2.17. The van der Waals surface area contributed by atoms with Crippen molar-refractivity contribution >= 4 is 16.0 Å². The van der Waals surface area contributed by atoms with E-state index in [-0.39, 0.29) is 17.4 Å². The van der Waals surface area contributed by atoms with Gasteiger partial charge in [-0.25, -0.2) is 18.4 Å². The summed E-state index contributed by atoms with van der Waals surface area (Å²) in [7, 11) is -2.21. The van der Waals surface area contributed by atoms with Crippen molar-refractivity contribution in [2.24, 2.45) is 5.92 Å². The highest BCUT2D eigenvalue weighted by molar-refractivity contribution is 7.89. The second-order valence-electron chi connectivity index (χ2n) is 4.09. The Morgan fingerprint density at radius 2 is 2.05 bits per heavy atom. The highest BCUT2D eigenvalue weighted by atomic mass is 32.2. The molecule has 1 aromatic heterocycles. The summed E-state index contributed by atoms with van der Waals surface area (Å²) in [6, 6.07) is 2.00. The third-order valence-corrected chi connectivity index (χ3v) is 4.20. The van der Waals surface area contributed by atoms with Crippen LogP contribution in [-0.4, -0.2) is 42.8 Å². The molecule has 1 rings (SSSR count). The van der Waals surface area contributed by atoms with E-state index in [0.29, 0.717) is 12.5 Å². The number of hydrogen-bond donors (Lipinski definition) is 1. The summed E-state index contributed by atoms with van der Waals surface area (Å²) in [5, 5.41) is 11.6.